The molecule has 0 spiro atoms. The molecule has 138 valence electrons. The lowest BCUT2D eigenvalue weighted by molar-refractivity contribution is 0.0696. The Morgan fingerprint density at radius 3 is 2.88 bits per heavy atom. The number of aromatic carboxylic acids is 1. The first-order chi connectivity index (χ1) is 12.3. The molecule has 1 aliphatic carbocycles. The number of carboxylic acids is 1. The number of nitrogens with two attached hydrogens (primary N) is 1. The number of rotatable bonds is 5. The van der Waals surface area contributed by atoms with Gasteiger partial charge in [-0.2, -0.15) is 0 Å². The number of hydrogen-bond acceptors (Lipinski definition) is 6. The molecule has 0 saturated heterocycles. The van der Waals surface area contributed by atoms with Crippen LogP contribution < -0.4 is 16.6 Å². The highest BCUT2D eigenvalue weighted by Gasteiger charge is 2.33. The number of carbonyl (C=O) groups excluding carboxylic acids is 1. The summed E-state index contributed by atoms with van der Waals surface area (Å²) < 4.78 is 0. The fraction of sp³-hybridized carbons (Fsp3) is 0.389. The predicted molar refractivity (Wildman–Crippen MR) is 100 cm³/mol. The lowest BCUT2D eigenvalue weighted by Crippen LogP contribution is -2.25. The van der Waals surface area contributed by atoms with E-state index in [0.29, 0.717) is 22.7 Å². The van der Waals surface area contributed by atoms with Crippen molar-refractivity contribution < 1.29 is 14.7 Å². The largest absolute Gasteiger partial charge is 0.478 e. The number of pyridine rings is 1. The molecule has 2 aromatic rings. The molecule has 0 fully saturated rings. The van der Waals surface area contributed by atoms with Crippen LogP contribution in [0.1, 0.15) is 57.1 Å². The molecule has 0 aliphatic heterocycles. The highest BCUT2D eigenvalue weighted by Crippen LogP contribution is 2.43. The first-order valence-corrected chi connectivity index (χ1v) is 9.20. The number of fused-ring (bicyclic) bond motifs is 1. The van der Waals surface area contributed by atoms with Crippen LogP contribution in [0.3, 0.4) is 0 Å². The molecule has 0 radical (unpaired) electrons. The molecule has 8 heteroatoms. The third-order valence-corrected chi connectivity index (χ3v) is 5.83. The summed E-state index contributed by atoms with van der Waals surface area (Å²) in [4.78, 5) is 29.8. The topological polar surface area (TPSA) is 117 Å². The minimum atomic E-state index is -1.01. The molecule has 0 atom stereocenters. The van der Waals surface area contributed by atoms with Crippen LogP contribution in [-0.2, 0) is 19.4 Å². The second-order valence-electron chi connectivity index (χ2n) is 7.19. The van der Waals surface area contributed by atoms with Gasteiger partial charge in [0.25, 0.3) is 5.91 Å². The van der Waals surface area contributed by atoms with Gasteiger partial charge in [-0.15, -0.1) is 11.3 Å². The van der Waals surface area contributed by atoms with Crippen LogP contribution in [0.4, 0.5) is 5.00 Å². The van der Waals surface area contributed by atoms with Crippen molar-refractivity contribution >= 4 is 28.2 Å². The Morgan fingerprint density at radius 2 is 2.19 bits per heavy atom. The highest BCUT2D eigenvalue weighted by atomic mass is 32.1. The number of anilines is 1. The SMILES string of the molecule is CC1(C)CCc2sc(NC(=O)c3cccnc3CNN)c(C(=O)O)c2C1. The molecule has 0 unspecified atom stereocenters. The van der Waals surface area contributed by atoms with Gasteiger partial charge in [0.1, 0.15) is 5.00 Å². The van der Waals surface area contributed by atoms with Gasteiger partial charge < -0.3 is 10.4 Å². The van der Waals surface area contributed by atoms with Crippen molar-refractivity contribution in [3.8, 4) is 0 Å². The number of aromatic nitrogens is 1. The van der Waals surface area contributed by atoms with Crippen molar-refractivity contribution in [2.45, 2.75) is 39.7 Å². The molecular formula is C18H22N4O3S. The van der Waals surface area contributed by atoms with Gasteiger partial charge in [0.2, 0.25) is 0 Å². The fourth-order valence-electron chi connectivity index (χ4n) is 3.29. The number of nitrogens with one attached hydrogen (secondary N) is 2. The Hall–Kier alpha value is -2.29. The number of carboxylic acid groups (broad SMARTS) is 1. The number of hydrazine groups is 1. The van der Waals surface area contributed by atoms with Crippen molar-refractivity contribution in [3.05, 3.63) is 45.6 Å². The number of hydrogen-bond donors (Lipinski definition) is 4. The summed E-state index contributed by atoms with van der Waals surface area (Å²) in [5, 5.41) is 12.9. The van der Waals surface area contributed by atoms with Crippen LogP contribution in [0.2, 0.25) is 0 Å². The third-order valence-electron chi connectivity index (χ3n) is 4.62. The van der Waals surface area contributed by atoms with E-state index in [9.17, 15) is 14.7 Å². The van der Waals surface area contributed by atoms with E-state index in [0.717, 1.165) is 23.3 Å². The van der Waals surface area contributed by atoms with Crippen molar-refractivity contribution in [3.63, 3.8) is 0 Å². The molecule has 0 aromatic carbocycles. The molecule has 1 amide bonds. The van der Waals surface area contributed by atoms with Gasteiger partial charge in [0.05, 0.1) is 23.4 Å². The van der Waals surface area contributed by atoms with Gasteiger partial charge in [-0.1, -0.05) is 13.8 Å². The summed E-state index contributed by atoms with van der Waals surface area (Å²) in [5.41, 5.74) is 4.49. The zero-order valence-electron chi connectivity index (χ0n) is 14.8. The molecule has 5 N–H and O–H groups in total. The van der Waals surface area contributed by atoms with E-state index < -0.39 is 5.97 Å². The monoisotopic (exact) mass is 374 g/mol. The van der Waals surface area contributed by atoms with Crippen LogP contribution in [0, 0.1) is 5.41 Å². The number of thiophene rings is 1. The second-order valence-corrected chi connectivity index (χ2v) is 8.29. The first kappa shape index (κ1) is 18.5. The van der Waals surface area contributed by atoms with Gasteiger partial charge in [0.15, 0.2) is 0 Å². The lowest BCUT2D eigenvalue weighted by Gasteiger charge is -2.29. The predicted octanol–water partition coefficient (Wildman–Crippen LogP) is 2.57. The first-order valence-electron chi connectivity index (χ1n) is 8.39. The van der Waals surface area contributed by atoms with E-state index in [4.69, 9.17) is 5.84 Å². The lowest BCUT2D eigenvalue weighted by atomic mass is 9.76. The highest BCUT2D eigenvalue weighted by molar-refractivity contribution is 7.17. The minimum absolute atomic E-state index is 0.0584. The summed E-state index contributed by atoms with van der Waals surface area (Å²) in [6.07, 6.45) is 4.11. The maximum Gasteiger partial charge on any atom is 0.339 e. The molecule has 26 heavy (non-hydrogen) atoms. The molecule has 1 aliphatic rings. The summed E-state index contributed by atoms with van der Waals surface area (Å²) >= 11 is 1.36. The maximum atomic E-state index is 12.7. The average Bonchev–Trinajstić information content (AvgIpc) is 2.91. The quantitative estimate of drug-likeness (QED) is 0.472. The van der Waals surface area contributed by atoms with E-state index >= 15 is 0 Å². The Bertz CT molecular complexity index is 860. The van der Waals surface area contributed by atoms with E-state index in [1.807, 2.05) is 0 Å². The zero-order valence-corrected chi connectivity index (χ0v) is 15.6. The van der Waals surface area contributed by atoms with Crippen LogP contribution in [0.25, 0.3) is 0 Å². The maximum absolute atomic E-state index is 12.7. The number of nitrogens with zero attached hydrogens (tertiary/aromatic N) is 1. The number of carbonyl (C=O) groups is 2. The summed E-state index contributed by atoms with van der Waals surface area (Å²) in [6, 6.07) is 3.31. The van der Waals surface area contributed by atoms with Gasteiger partial charge >= 0.3 is 5.97 Å². The van der Waals surface area contributed by atoms with Crippen LogP contribution in [0.5, 0.6) is 0 Å². The Labute approximate surface area is 155 Å². The number of aryl methyl sites for hydroxylation is 1. The van der Waals surface area contributed by atoms with Crippen molar-refractivity contribution in [1.82, 2.24) is 10.4 Å². The molecule has 2 aromatic heterocycles. The summed E-state index contributed by atoms with van der Waals surface area (Å²) in [5.74, 6) is 3.95. The Kier molecular flexibility index (Phi) is 5.08. The van der Waals surface area contributed by atoms with Crippen LogP contribution in [-0.4, -0.2) is 22.0 Å². The molecule has 3 rings (SSSR count). The van der Waals surface area contributed by atoms with Crippen LogP contribution >= 0.6 is 11.3 Å². The van der Waals surface area contributed by atoms with Gasteiger partial charge in [-0.3, -0.25) is 21.0 Å². The Morgan fingerprint density at radius 1 is 1.42 bits per heavy atom. The second kappa shape index (κ2) is 7.14. The number of amides is 1. The van der Waals surface area contributed by atoms with E-state index in [1.54, 1.807) is 18.3 Å². The normalized spacial score (nSPS) is 15.3. The van der Waals surface area contributed by atoms with E-state index in [1.165, 1.54) is 11.3 Å². The van der Waals surface area contributed by atoms with Gasteiger partial charge in [-0.25, -0.2) is 4.79 Å². The molecule has 0 saturated carbocycles. The molecular weight excluding hydrogens is 352 g/mol. The summed E-state index contributed by atoms with van der Waals surface area (Å²) in [6.45, 7) is 4.52. The smallest absolute Gasteiger partial charge is 0.339 e. The van der Waals surface area contributed by atoms with Crippen LogP contribution in [0.15, 0.2) is 18.3 Å². The van der Waals surface area contributed by atoms with Crippen molar-refractivity contribution in [2.75, 3.05) is 5.32 Å². The molecule has 2 heterocycles. The standard InChI is InChI=1S/C18H22N4O3S/c1-18(2)6-5-13-11(8-18)14(17(24)25)16(26-13)22-15(23)10-4-3-7-20-12(10)9-21-19/h3-4,7,21H,5-6,8-9,19H2,1-2H3,(H,22,23)(H,24,25). The van der Waals surface area contributed by atoms with Gasteiger partial charge in [0, 0.05) is 11.1 Å². The van der Waals surface area contributed by atoms with Gasteiger partial charge in [-0.05, 0) is 42.4 Å². The minimum Gasteiger partial charge on any atom is -0.478 e. The zero-order chi connectivity index (χ0) is 18.9. The third kappa shape index (κ3) is 3.62. The van der Waals surface area contributed by atoms with E-state index in [-0.39, 0.29) is 23.4 Å². The Balaban J connectivity index is 1.95. The van der Waals surface area contributed by atoms with Crippen molar-refractivity contribution in [1.29, 1.82) is 0 Å². The molecule has 7 nitrogen and oxygen atoms in total. The average molecular weight is 374 g/mol. The summed E-state index contributed by atoms with van der Waals surface area (Å²) in [7, 11) is 0. The van der Waals surface area contributed by atoms with Crippen molar-refractivity contribution in [2.24, 2.45) is 11.3 Å². The van der Waals surface area contributed by atoms with E-state index in [2.05, 4.69) is 29.6 Å². The molecule has 0 bridgehead atoms. The fourth-order valence-corrected chi connectivity index (χ4v) is 4.49.